The Morgan fingerprint density at radius 3 is 1.91 bits per heavy atom. The number of carbonyl (C=O) groups excluding carboxylic acids is 2. The molecule has 178 valence electrons. The summed E-state index contributed by atoms with van der Waals surface area (Å²) in [5.74, 6) is -0.174. The molecule has 0 aliphatic heterocycles. The molecule has 0 saturated heterocycles. The fourth-order valence-corrected chi connectivity index (χ4v) is 4.35. The second-order valence-electron chi connectivity index (χ2n) is 8.74. The maximum atomic E-state index is 13.9. The third-order valence-electron chi connectivity index (χ3n) is 6.32. The van der Waals surface area contributed by atoms with Gasteiger partial charge in [-0.3, -0.25) is 9.59 Å². The number of hydrogen-bond acceptors (Lipinski definition) is 2. The molecule has 4 heteroatoms. The average Bonchev–Trinajstić information content (AvgIpc) is 2.87. The fraction of sp³-hybridized carbons (Fsp3) is 0.333. The van der Waals surface area contributed by atoms with Gasteiger partial charge in [-0.1, -0.05) is 98.8 Å². The first-order chi connectivity index (χ1) is 16.5. The second-order valence-corrected chi connectivity index (χ2v) is 8.74. The van der Waals surface area contributed by atoms with E-state index in [0.717, 1.165) is 28.7 Å². The summed E-state index contributed by atoms with van der Waals surface area (Å²) in [6.45, 7) is 7.08. The SMILES string of the molecule is CCCNC(=O)[C@H](CC)N(Cc1ccccc1C)C(=O)CC(c1ccccc1)c1ccccc1. The van der Waals surface area contributed by atoms with Crippen molar-refractivity contribution in [3.63, 3.8) is 0 Å². The molecule has 0 bridgehead atoms. The molecule has 0 saturated carbocycles. The van der Waals surface area contributed by atoms with Gasteiger partial charge < -0.3 is 10.2 Å². The number of amides is 2. The van der Waals surface area contributed by atoms with Crippen LogP contribution in [-0.4, -0.2) is 29.3 Å². The highest BCUT2D eigenvalue weighted by molar-refractivity contribution is 5.88. The van der Waals surface area contributed by atoms with E-state index >= 15 is 0 Å². The molecule has 0 spiro atoms. The number of aryl methyl sites for hydroxylation is 1. The largest absolute Gasteiger partial charge is 0.354 e. The van der Waals surface area contributed by atoms with Crippen molar-refractivity contribution in [1.82, 2.24) is 10.2 Å². The van der Waals surface area contributed by atoms with E-state index in [4.69, 9.17) is 0 Å². The van der Waals surface area contributed by atoms with Crippen molar-refractivity contribution < 1.29 is 9.59 Å². The van der Waals surface area contributed by atoms with E-state index in [-0.39, 0.29) is 17.7 Å². The first-order valence-corrected chi connectivity index (χ1v) is 12.3. The Kier molecular flexibility index (Phi) is 9.45. The molecule has 0 radical (unpaired) electrons. The van der Waals surface area contributed by atoms with E-state index in [9.17, 15) is 9.59 Å². The van der Waals surface area contributed by atoms with Crippen LogP contribution in [0.4, 0.5) is 0 Å². The summed E-state index contributed by atoms with van der Waals surface area (Å²) in [5, 5.41) is 3.00. The molecule has 0 unspecified atom stereocenters. The monoisotopic (exact) mass is 456 g/mol. The molecule has 34 heavy (non-hydrogen) atoms. The Labute approximate surface area is 204 Å². The molecule has 0 aliphatic carbocycles. The van der Waals surface area contributed by atoms with Gasteiger partial charge in [-0.2, -0.15) is 0 Å². The molecule has 4 nitrogen and oxygen atoms in total. The highest BCUT2D eigenvalue weighted by Gasteiger charge is 2.31. The van der Waals surface area contributed by atoms with Crippen LogP contribution in [0.3, 0.4) is 0 Å². The Bertz CT molecular complexity index is 1010. The summed E-state index contributed by atoms with van der Waals surface area (Å²) in [5.41, 5.74) is 4.38. The first-order valence-electron chi connectivity index (χ1n) is 12.3. The lowest BCUT2D eigenvalue weighted by Crippen LogP contribution is -2.49. The molecule has 0 fully saturated rings. The maximum absolute atomic E-state index is 13.9. The smallest absolute Gasteiger partial charge is 0.242 e. The van der Waals surface area contributed by atoms with Gasteiger partial charge in [0.15, 0.2) is 0 Å². The minimum atomic E-state index is -0.508. The number of hydrogen-bond donors (Lipinski definition) is 1. The number of nitrogens with zero attached hydrogens (tertiary/aromatic N) is 1. The van der Waals surface area contributed by atoms with E-state index in [1.807, 2.05) is 81.4 Å². The van der Waals surface area contributed by atoms with Crippen molar-refractivity contribution in [2.45, 2.75) is 58.5 Å². The summed E-state index contributed by atoms with van der Waals surface area (Å²) in [6.07, 6.45) is 1.73. The number of rotatable bonds is 11. The molecular formula is C30H36N2O2. The van der Waals surface area contributed by atoms with Crippen molar-refractivity contribution in [3.05, 3.63) is 107 Å². The van der Waals surface area contributed by atoms with E-state index < -0.39 is 6.04 Å². The lowest BCUT2D eigenvalue weighted by molar-refractivity contribution is -0.141. The van der Waals surface area contributed by atoms with Crippen LogP contribution < -0.4 is 5.32 Å². The van der Waals surface area contributed by atoms with E-state index in [2.05, 4.69) is 29.6 Å². The van der Waals surface area contributed by atoms with Crippen molar-refractivity contribution in [3.8, 4) is 0 Å². The predicted octanol–water partition coefficient (Wildman–Crippen LogP) is 5.85. The fourth-order valence-electron chi connectivity index (χ4n) is 4.35. The molecule has 3 aromatic rings. The quantitative estimate of drug-likeness (QED) is 0.393. The van der Waals surface area contributed by atoms with Crippen molar-refractivity contribution in [2.75, 3.05) is 6.54 Å². The molecular weight excluding hydrogens is 420 g/mol. The normalized spacial score (nSPS) is 11.8. The average molecular weight is 457 g/mol. The van der Waals surface area contributed by atoms with Gasteiger partial charge in [0, 0.05) is 25.4 Å². The third-order valence-corrected chi connectivity index (χ3v) is 6.32. The van der Waals surface area contributed by atoms with Crippen LogP contribution in [0.5, 0.6) is 0 Å². The number of nitrogens with one attached hydrogen (secondary N) is 1. The van der Waals surface area contributed by atoms with E-state index in [0.29, 0.717) is 25.9 Å². The van der Waals surface area contributed by atoms with Crippen LogP contribution in [0.15, 0.2) is 84.9 Å². The van der Waals surface area contributed by atoms with Gasteiger partial charge in [0.1, 0.15) is 6.04 Å². The van der Waals surface area contributed by atoms with Crippen LogP contribution in [0, 0.1) is 6.92 Å². The Morgan fingerprint density at radius 2 is 1.38 bits per heavy atom. The summed E-state index contributed by atoms with van der Waals surface area (Å²) in [7, 11) is 0. The van der Waals surface area contributed by atoms with Gasteiger partial charge >= 0.3 is 0 Å². The molecule has 0 heterocycles. The Balaban J connectivity index is 1.95. The van der Waals surface area contributed by atoms with Crippen molar-refractivity contribution in [2.24, 2.45) is 0 Å². The molecule has 1 atom stereocenters. The summed E-state index contributed by atoms with van der Waals surface area (Å²) in [4.78, 5) is 28.8. The van der Waals surface area contributed by atoms with Crippen LogP contribution in [0.2, 0.25) is 0 Å². The van der Waals surface area contributed by atoms with Gasteiger partial charge in [-0.15, -0.1) is 0 Å². The zero-order chi connectivity index (χ0) is 24.3. The Morgan fingerprint density at radius 1 is 0.824 bits per heavy atom. The molecule has 3 rings (SSSR count). The first kappa shape index (κ1) is 25.2. The van der Waals surface area contributed by atoms with Crippen LogP contribution in [0.1, 0.15) is 61.3 Å². The van der Waals surface area contributed by atoms with Gasteiger partial charge in [-0.25, -0.2) is 0 Å². The zero-order valence-electron chi connectivity index (χ0n) is 20.5. The number of carbonyl (C=O) groups is 2. The van der Waals surface area contributed by atoms with E-state index in [1.54, 1.807) is 4.90 Å². The second kappa shape index (κ2) is 12.7. The van der Waals surface area contributed by atoms with Gasteiger partial charge in [0.25, 0.3) is 0 Å². The summed E-state index contributed by atoms with van der Waals surface area (Å²) >= 11 is 0. The van der Waals surface area contributed by atoms with Gasteiger partial charge in [0.05, 0.1) is 0 Å². The zero-order valence-corrected chi connectivity index (χ0v) is 20.5. The number of benzene rings is 3. The van der Waals surface area contributed by atoms with Gasteiger partial charge in [0.2, 0.25) is 11.8 Å². The highest BCUT2D eigenvalue weighted by Crippen LogP contribution is 2.29. The molecule has 0 aromatic heterocycles. The van der Waals surface area contributed by atoms with Crippen molar-refractivity contribution >= 4 is 11.8 Å². The van der Waals surface area contributed by atoms with Gasteiger partial charge in [-0.05, 0) is 42.0 Å². The predicted molar refractivity (Wildman–Crippen MR) is 138 cm³/mol. The van der Waals surface area contributed by atoms with Crippen LogP contribution >= 0.6 is 0 Å². The van der Waals surface area contributed by atoms with Crippen LogP contribution in [-0.2, 0) is 16.1 Å². The molecule has 1 N–H and O–H groups in total. The summed E-state index contributed by atoms with van der Waals surface area (Å²) in [6, 6.07) is 27.9. The molecule has 2 amide bonds. The van der Waals surface area contributed by atoms with Crippen molar-refractivity contribution in [1.29, 1.82) is 0 Å². The lowest BCUT2D eigenvalue weighted by Gasteiger charge is -2.32. The third kappa shape index (κ3) is 6.57. The standard InChI is InChI=1S/C30H36N2O2/c1-4-20-31-30(34)28(5-2)32(22-26-19-13-12-14-23(26)3)29(33)21-27(24-15-8-6-9-16-24)25-17-10-7-11-18-25/h6-19,27-28H,4-5,20-22H2,1-3H3,(H,31,34)/t28-/m0/s1. The minimum absolute atomic E-state index is 0.0144. The highest BCUT2D eigenvalue weighted by atomic mass is 16.2. The maximum Gasteiger partial charge on any atom is 0.242 e. The minimum Gasteiger partial charge on any atom is -0.354 e. The van der Waals surface area contributed by atoms with Crippen LogP contribution in [0.25, 0.3) is 0 Å². The molecule has 3 aromatic carbocycles. The molecule has 0 aliphatic rings. The summed E-state index contributed by atoms with van der Waals surface area (Å²) < 4.78 is 0. The van der Waals surface area contributed by atoms with E-state index in [1.165, 1.54) is 0 Å². The lowest BCUT2D eigenvalue weighted by atomic mass is 9.88. The Hall–Kier alpha value is -3.40. The topological polar surface area (TPSA) is 49.4 Å².